The molecule has 0 heterocycles. The lowest BCUT2D eigenvalue weighted by Crippen LogP contribution is -2.25. The van der Waals surface area contributed by atoms with E-state index in [1.165, 1.54) is 46.0 Å². The van der Waals surface area contributed by atoms with Gasteiger partial charge in [0.1, 0.15) is 16.4 Å². The van der Waals surface area contributed by atoms with E-state index in [9.17, 15) is 8.42 Å². The molecule has 1 aromatic carbocycles. The Labute approximate surface area is 140 Å². The summed E-state index contributed by atoms with van der Waals surface area (Å²) in [7, 11) is -0.632. The van der Waals surface area contributed by atoms with Crippen molar-refractivity contribution in [3.8, 4) is 11.5 Å². The van der Waals surface area contributed by atoms with E-state index >= 15 is 0 Å². The third-order valence-electron chi connectivity index (χ3n) is 3.73. The second-order valence-corrected chi connectivity index (χ2v) is 7.27. The Morgan fingerprint density at radius 3 is 2.22 bits per heavy atom. The minimum absolute atomic E-state index is 0.113. The van der Waals surface area contributed by atoms with Crippen molar-refractivity contribution in [1.29, 1.82) is 0 Å². The van der Waals surface area contributed by atoms with Crippen molar-refractivity contribution in [3.63, 3.8) is 0 Å². The first-order valence-corrected chi connectivity index (χ1v) is 9.75. The predicted molar refractivity (Wildman–Crippen MR) is 92.7 cm³/mol. The van der Waals surface area contributed by atoms with Crippen LogP contribution in [-0.4, -0.2) is 29.2 Å². The van der Waals surface area contributed by atoms with E-state index in [4.69, 9.17) is 9.47 Å². The van der Waals surface area contributed by atoms with Crippen LogP contribution in [0.3, 0.4) is 0 Å². The molecule has 0 saturated carbocycles. The summed E-state index contributed by atoms with van der Waals surface area (Å²) in [6, 6.07) is 4.75. The number of sulfonamides is 1. The molecule has 6 heteroatoms. The van der Waals surface area contributed by atoms with E-state index in [1.807, 2.05) is 0 Å². The molecule has 0 spiro atoms. The van der Waals surface area contributed by atoms with Crippen LogP contribution in [-0.2, 0) is 10.0 Å². The molecular weight excluding hydrogens is 314 g/mol. The van der Waals surface area contributed by atoms with Crippen molar-refractivity contribution >= 4 is 10.0 Å². The number of hydrogen-bond donors (Lipinski definition) is 1. The maximum Gasteiger partial charge on any atom is 0.244 e. The summed E-state index contributed by atoms with van der Waals surface area (Å²) in [6.45, 7) is 2.64. The molecule has 0 unspecified atom stereocenters. The van der Waals surface area contributed by atoms with E-state index in [0.717, 1.165) is 19.3 Å². The van der Waals surface area contributed by atoms with E-state index in [2.05, 4.69) is 11.6 Å². The average molecular weight is 343 g/mol. The minimum Gasteiger partial charge on any atom is -0.497 e. The van der Waals surface area contributed by atoms with Gasteiger partial charge in [0.15, 0.2) is 0 Å². The van der Waals surface area contributed by atoms with Crippen molar-refractivity contribution in [2.75, 3.05) is 20.8 Å². The number of benzene rings is 1. The predicted octanol–water partition coefficient (Wildman–Crippen LogP) is 3.73. The molecule has 1 N–H and O–H groups in total. The molecule has 0 atom stereocenters. The fourth-order valence-electron chi connectivity index (χ4n) is 2.36. The highest BCUT2D eigenvalue weighted by Gasteiger charge is 2.19. The van der Waals surface area contributed by atoms with Crippen molar-refractivity contribution in [3.05, 3.63) is 18.2 Å². The zero-order valence-electron chi connectivity index (χ0n) is 14.4. The Hall–Kier alpha value is -1.27. The Kier molecular flexibility index (Phi) is 9.02. The van der Waals surface area contributed by atoms with Gasteiger partial charge in [-0.15, -0.1) is 0 Å². The molecule has 0 aromatic heterocycles. The molecular formula is C17H29NO4S. The molecule has 0 radical (unpaired) electrons. The molecule has 0 fully saturated rings. The van der Waals surface area contributed by atoms with E-state index in [-0.39, 0.29) is 4.90 Å². The summed E-state index contributed by atoms with van der Waals surface area (Å²) in [5.41, 5.74) is 0. The number of methoxy groups -OCH3 is 2. The molecule has 0 aliphatic carbocycles. The molecule has 0 aliphatic rings. The zero-order valence-corrected chi connectivity index (χ0v) is 15.2. The van der Waals surface area contributed by atoms with Gasteiger partial charge in [-0.3, -0.25) is 0 Å². The molecule has 23 heavy (non-hydrogen) atoms. The van der Waals surface area contributed by atoms with Gasteiger partial charge in [-0.1, -0.05) is 45.4 Å². The summed E-state index contributed by atoms with van der Waals surface area (Å²) in [5.74, 6) is 0.806. The van der Waals surface area contributed by atoms with Gasteiger partial charge in [0.05, 0.1) is 14.2 Å². The van der Waals surface area contributed by atoms with Crippen LogP contribution >= 0.6 is 0 Å². The lowest BCUT2D eigenvalue weighted by atomic mass is 10.1. The lowest BCUT2D eigenvalue weighted by Gasteiger charge is -2.12. The molecule has 0 aliphatic heterocycles. The second-order valence-electron chi connectivity index (χ2n) is 5.54. The maximum atomic E-state index is 12.4. The molecule has 1 rings (SSSR count). The number of ether oxygens (including phenoxy) is 2. The van der Waals surface area contributed by atoms with Crippen LogP contribution in [0.2, 0.25) is 0 Å². The first kappa shape index (κ1) is 19.8. The zero-order chi connectivity index (χ0) is 17.1. The van der Waals surface area contributed by atoms with Crippen LogP contribution in [0, 0.1) is 0 Å². The summed E-state index contributed by atoms with van der Waals surface area (Å²) in [6.07, 6.45) is 8.06. The van der Waals surface area contributed by atoms with Gasteiger partial charge in [0, 0.05) is 12.6 Å². The number of nitrogens with one attached hydrogen (secondary N) is 1. The minimum atomic E-state index is -3.59. The monoisotopic (exact) mass is 343 g/mol. The SMILES string of the molecule is CCCCCCCCCNS(=O)(=O)c1cc(OC)ccc1OC. The van der Waals surface area contributed by atoms with Crippen LogP contribution in [0.1, 0.15) is 51.9 Å². The van der Waals surface area contributed by atoms with Crippen LogP contribution in [0.15, 0.2) is 23.1 Å². The van der Waals surface area contributed by atoms with Crippen LogP contribution in [0.5, 0.6) is 11.5 Å². The Morgan fingerprint density at radius 1 is 0.957 bits per heavy atom. The number of unbranched alkanes of at least 4 members (excludes halogenated alkanes) is 6. The first-order valence-electron chi connectivity index (χ1n) is 8.27. The fourth-order valence-corrected chi connectivity index (χ4v) is 3.62. The third-order valence-corrected chi connectivity index (χ3v) is 5.21. The van der Waals surface area contributed by atoms with Crippen molar-refractivity contribution in [1.82, 2.24) is 4.72 Å². The molecule has 0 bridgehead atoms. The normalized spacial score (nSPS) is 11.4. The van der Waals surface area contributed by atoms with Gasteiger partial charge in [-0.25, -0.2) is 13.1 Å². The van der Waals surface area contributed by atoms with Crippen molar-refractivity contribution < 1.29 is 17.9 Å². The van der Waals surface area contributed by atoms with Gasteiger partial charge < -0.3 is 9.47 Å². The second kappa shape index (κ2) is 10.5. The highest BCUT2D eigenvalue weighted by molar-refractivity contribution is 7.89. The lowest BCUT2D eigenvalue weighted by molar-refractivity contribution is 0.392. The topological polar surface area (TPSA) is 64.6 Å². The van der Waals surface area contributed by atoms with Gasteiger partial charge in [0.25, 0.3) is 0 Å². The van der Waals surface area contributed by atoms with Crippen molar-refractivity contribution in [2.24, 2.45) is 0 Å². The molecule has 1 aromatic rings. The first-order chi connectivity index (χ1) is 11.0. The van der Waals surface area contributed by atoms with E-state index in [1.54, 1.807) is 12.1 Å². The van der Waals surface area contributed by atoms with Crippen molar-refractivity contribution in [2.45, 2.75) is 56.8 Å². The highest BCUT2D eigenvalue weighted by Crippen LogP contribution is 2.27. The van der Waals surface area contributed by atoms with Crippen LogP contribution in [0.4, 0.5) is 0 Å². The number of rotatable bonds is 12. The van der Waals surface area contributed by atoms with Crippen LogP contribution < -0.4 is 14.2 Å². The smallest absolute Gasteiger partial charge is 0.244 e. The van der Waals surface area contributed by atoms with Gasteiger partial charge in [-0.05, 0) is 18.6 Å². The molecule has 0 saturated heterocycles. The Morgan fingerprint density at radius 2 is 1.61 bits per heavy atom. The fraction of sp³-hybridized carbons (Fsp3) is 0.647. The summed E-state index contributed by atoms with van der Waals surface area (Å²) >= 11 is 0. The van der Waals surface area contributed by atoms with E-state index in [0.29, 0.717) is 18.0 Å². The van der Waals surface area contributed by atoms with Gasteiger partial charge >= 0.3 is 0 Å². The standard InChI is InChI=1S/C17H29NO4S/c1-4-5-6-7-8-9-10-13-18-23(19,20)17-14-15(21-2)11-12-16(17)22-3/h11-12,14,18H,4-10,13H2,1-3H3. The molecule has 0 amide bonds. The van der Waals surface area contributed by atoms with Gasteiger partial charge in [-0.2, -0.15) is 0 Å². The highest BCUT2D eigenvalue weighted by atomic mass is 32.2. The summed E-state index contributed by atoms with van der Waals surface area (Å²) < 4.78 is 37.7. The molecule has 5 nitrogen and oxygen atoms in total. The van der Waals surface area contributed by atoms with Gasteiger partial charge in [0.2, 0.25) is 10.0 Å². The maximum absolute atomic E-state index is 12.4. The Bertz CT molecular complexity index is 558. The summed E-state index contributed by atoms with van der Waals surface area (Å²) in [4.78, 5) is 0.113. The third kappa shape index (κ3) is 6.79. The van der Waals surface area contributed by atoms with Crippen LogP contribution in [0.25, 0.3) is 0 Å². The number of hydrogen-bond acceptors (Lipinski definition) is 4. The molecule has 132 valence electrons. The quantitative estimate of drug-likeness (QED) is 0.587. The largest absolute Gasteiger partial charge is 0.497 e. The van der Waals surface area contributed by atoms with E-state index < -0.39 is 10.0 Å². The summed E-state index contributed by atoms with van der Waals surface area (Å²) in [5, 5.41) is 0. The Balaban J connectivity index is 2.50. The average Bonchev–Trinajstić information content (AvgIpc) is 2.56.